The lowest BCUT2D eigenvalue weighted by Crippen LogP contribution is -2.24. The Kier molecular flexibility index (Phi) is 3.80. The van der Waals surface area contributed by atoms with Gasteiger partial charge in [0.15, 0.2) is 0 Å². The minimum atomic E-state index is -0.307. The molecule has 1 aliphatic carbocycles. The number of nitrogens with zero attached hydrogens (tertiary/aromatic N) is 2. The molecule has 6 heteroatoms. The van der Waals surface area contributed by atoms with Gasteiger partial charge in [0, 0.05) is 12.1 Å². The molecule has 1 heterocycles. The summed E-state index contributed by atoms with van der Waals surface area (Å²) in [7, 11) is 0. The van der Waals surface area contributed by atoms with Crippen LogP contribution < -0.4 is 5.32 Å². The van der Waals surface area contributed by atoms with E-state index >= 15 is 0 Å². The van der Waals surface area contributed by atoms with Crippen LogP contribution in [0, 0.1) is 23.0 Å². The van der Waals surface area contributed by atoms with E-state index in [1.54, 1.807) is 6.07 Å². The largest absolute Gasteiger partial charge is 0.377 e. The van der Waals surface area contributed by atoms with Crippen LogP contribution in [0.25, 0.3) is 10.2 Å². The molecule has 0 saturated heterocycles. The number of aryl methyl sites for hydroxylation is 1. The number of nitro benzene ring substituents is 1. The minimum Gasteiger partial charge on any atom is -0.377 e. The van der Waals surface area contributed by atoms with Crippen molar-refractivity contribution in [2.45, 2.75) is 45.6 Å². The second-order valence-electron chi connectivity index (χ2n) is 5.80. The molecule has 0 amide bonds. The van der Waals surface area contributed by atoms with Crippen LogP contribution in [-0.4, -0.2) is 15.9 Å². The van der Waals surface area contributed by atoms with Gasteiger partial charge in [-0.05, 0) is 38.7 Å². The molecule has 1 N–H and O–H groups in total. The van der Waals surface area contributed by atoms with Gasteiger partial charge in [-0.3, -0.25) is 10.1 Å². The molecule has 112 valence electrons. The summed E-state index contributed by atoms with van der Waals surface area (Å²) >= 11 is 1.49. The highest BCUT2D eigenvalue weighted by molar-refractivity contribution is 7.18. The third kappa shape index (κ3) is 2.85. The Morgan fingerprint density at radius 1 is 1.43 bits per heavy atom. The smallest absolute Gasteiger partial charge is 0.293 e. The summed E-state index contributed by atoms with van der Waals surface area (Å²) in [5, 5.41) is 15.6. The number of thiazole rings is 1. The average molecular weight is 305 g/mol. The summed E-state index contributed by atoms with van der Waals surface area (Å²) in [4.78, 5) is 15.5. The van der Waals surface area contributed by atoms with Gasteiger partial charge < -0.3 is 5.32 Å². The minimum absolute atomic E-state index is 0.149. The number of hydrogen-bond donors (Lipinski definition) is 1. The molecule has 1 aromatic carbocycles. The molecule has 1 aromatic heterocycles. The lowest BCUT2D eigenvalue weighted by molar-refractivity contribution is -0.383. The van der Waals surface area contributed by atoms with Crippen LogP contribution >= 0.6 is 11.3 Å². The molecule has 21 heavy (non-hydrogen) atoms. The maximum Gasteiger partial charge on any atom is 0.293 e. The SMILES string of the molecule is Cc1nc2cc(NC(C)C3CCCC3)c([N+](=O)[O-])cc2s1. The van der Waals surface area contributed by atoms with Crippen LogP contribution in [0.4, 0.5) is 11.4 Å². The first kappa shape index (κ1) is 14.3. The lowest BCUT2D eigenvalue weighted by atomic mass is 9.99. The Bertz CT molecular complexity index is 677. The molecule has 0 radical (unpaired) electrons. The van der Waals surface area contributed by atoms with Gasteiger partial charge in [0.25, 0.3) is 5.69 Å². The summed E-state index contributed by atoms with van der Waals surface area (Å²) in [6.45, 7) is 4.04. The predicted molar refractivity (Wildman–Crippen MR) is 86.1 cm³/mol. The standard InChI is InChI=1S/C15H19N3O2S/c1-9(11-5-3-4-6-11)16-12-7-13-15(21-10(2)17-13)8-14(12)18(19)20/h7-9,11,16H,3-6H2,1-2H3. The number of nitro groups is 1. The zero-order chi connectivity index (χ0) is 15.0. The molecule has 1 unspecified atom stereocenters. The van der Waals surface area contributed by atoms with Crippen molar-refractivity contribution in [2.75, 3.05) is 5.32 Å². The number of rotatable bonds is 4. The van der Waals surface area contributed by atoms with Crippen molar-refractivity contribution in [1.29, 1.82) is 0 Å². The monoisotopic (exact) mass is 305 g/mol. The van der Waals surface area contributed by atoms with Crippen LogP contribution in [0.1, 0.15) is 37.6 Å². The summed E-state index contributed by atoms with van der Waals surface area (Å²) in [5.74, 6) is 0.609. The van der Waals surface area contributed by atoms with Crippen molar-refractivity contribution in [3.63, 3.8) is 0 Å². The fourth-order valence-corrected chi connectivity index (χ4v) is 4.01. The number of hydrogen-bond acceptors (Lipinski definition) is 5. The van der Waals surface area contributed by atoms with Gasteiger partial charge in [0.05, 0.1) is 20.1 Å². The van der Waals surface area contributed by atoms with Crippen molar-refractivity contribution in [3.05, 3.63) is 27.3 Å². The topological polar surface area (TPSA) is 68.1 Å². The quantitative estimate of drug-likeness (QED) is 0.667. The van der Waals surface area contributed by atoms with E-state index in [0.717, 1.165) is 15.2 Å². The van der Waals surface area contributed by atoms with Crippen LogP contribution in [0.2, 0.25) is 0 Å². The summed E-state index contributed by atoms with van der Waals surface area (Å²) < 4.78 is 0.873. The van der Waals surface area contributed by atoms with E-state index in [-0.39, 0.29) is 16.7 Å². The average Bonchev–Trinajstić information content (AvgIpc) is 3.05. The highest BCUT2D eigenvalue weighted by Gasteiger charge is 2.24. The van der Waals surface area contributed by atoms with Gasteiger partial charge in [-0.15, -0.1) is 11.3 Å². The Balaban J connectivity index is 1.94. The van der Waals surface area contributed by atoms with E-state index in [0.29, 0.717) is 11.6 Å². The van der Waals surface area contributed by atoms with Gasteiger partial charge in [-0.25, -0.2) is 4.98 Å². The third-order valence-electron chi connectivity index (χ3n) is 4.30. The summed E-state index contributed by atoms with van der Waals surface area (Å²) in [5.41, 5.74) is 1.58. The first-order chi connectivity index (χ1) is 10.0. The van der Waals surface area contributed by atoms with E-state index in [1.807, 2.05) is 13.0 Å². The molecule has 3 rings (SSSR count). The molecule has 1 atom stereocenters. The van der Waals surface area contributed by atoms with Gasteiger partial charge >= 0.3 is 0 Å². The van der Waals surface area contributed by atoms with Crippen LogP contribution in [0.5, 0.6) is 0 Å². The van der Waals surface area contributed by atoms with Crippen molar-refractivity contribution < 1.29 is 4.92 Å². The van der Waals surface area contributed by atoms with Crippen molar-refractivity contribution >= 4 is 32.9 Å². The van der Waals surface area contributed by atoms with Crippen LogP contribution in [0.3, 0.4) is 0 Å². The van der Waals surface area contributed by atoms with Crippen molar-refractivity contribution in [2.24, 2.45) is 5.92 Å². The highest BCUT2D eigenvalue weighted by atomic mass is 32.1. The van der Waals surface area contributed by atoms with Crippen molar-refractivity contribution in [1.82, 2.24) is 4.98 Å². The third-order valence-corrected chi connectivity index (χ3v) is 5.23. The maximum absolute atomic E-state index is 11.3. The molecule has 1 aliphatic rings. The molecule has 0 spiro atoms. The fourth-order valence-electron chi connectivity index (χ4n) is 3.17. The van der Waals surface area contributed by atoms with E-state index < -0.39 is 0 Å². The van der Waals surface area contributed by atoms with E-state index in [2.05, 4.69) is 17.2 Å². The number of anilines is 1. The number of aromatic nitrogens is 1. The Hall–Kier alpha value is -1.69. The van der Waals surface area contributed by atoms with Gasteiger partial charge in [-0.2, -0.15) is 0 Å². The molecular formula is C15H19N3O2S. The predicted octanol–water partition coefficient (Wildman–Crippen LogP) is 4.50. The molecule has 5 nitrogen and oxygen atoms in total. The van der Waals surface area contributed by atoms with Crippen LogP contribution in [-0.2, 0) is 0 Å². The first-order valence-electron chi connectivity index (χ1n) is 7.36. The molecule has 0 bridgehead atoms. The fraction of sp³-hybridized carbons (Fsp3) is 0.533. The second-order valence-corrected chi connectivity index (χ2v) is 7.04. The zero-order valence-corrected chi connectivity index (χ0v) is 13.1. The van der Waals surface area contributed by atoms with E-state index in [9.17, 15) is 10.1 Å². The molecule has 1 saturated carbocycles. The lowest BCUT2D eigenvalue weighted by Gasteiger charge is -2.21. The Labute approximate surface area is 127 Å². The Morgan fingerprint density at radius 3 is 2.81 bits per heavy atom. The van der Waals surface area contributed by atoms with Crippen LogP contribution in [0.15, 0.2) is 12.1 Å². The molecule has 1 fully saturated rings. The van der Waals surface area contributed by atoms with Gasteiger partial charge in [0.1, 0.15) is 5.69 Å². The molecular weight excluding hydrogens is 286 g/mol. The highest BCUT2D eigenvalue weighted by Crippen LogP contribution is 2.35. The summed E-state index contributed by atoms with van der Waals surface area (Å²) in [6.07, 6.45) is 4.95. The maximum atomic E-state index is 11.3. The van der Waals surface area contributed by atoms with E-state index in [4.69, 9.17) is 0 Å². The normalized spacial score (nSPS) is 17.2. The second kappa shape index (κ2) is 5.60. The first-order valence-corrected chi connectivity index (χ1v) is 8.18. The zero-order valence-electron chi connectivity index (χ0n) is 12.3. The van der Waals surface area contributed by atoms with Gasteiger partial charge in [-0.1, -0.05) is 12.8 Å². The summed E-state index contributed by atoms with van der Waals surface area (Å²) in [6, 6.07) is 3.72. The number of fused-ring (bicyclic) bond motifs is 1. The number of benzene rings is 1. The Morgan fingerprint density at radius 2 is 2.14 bits per heavy atom. The van der Waals surface area contributed by atoms with E-state index in [1.165, 1.54) is 37.0 Å². The molecule has 0 aliphatic heterocycles. The molecule has 2 aromatic rings. The van der Waals surface area contributed by atoms with Crippen molar-refractivity contribution in [3.8, 4) is 0 Å². The van der Waals surface area contributed by atoms with Gasteiger partial charge in [0.2, 0.25) is 0 Å². The number of nitrogens with one attached hydrogen (secondary N) is 1.